The van der Waals surface area contributed by atoms with Crippen LogP contribution in [0.15, 0.2) is 30.3 Å². The van der Waals surface area contributed by atoms with Gasteiger partial charge >= 0.3 is 0 Å². The van der Waals surface area contributed by atoms with E-state index in [4.69, 9.17) is 21.3 Å². The van der Waals surface area contributed by atoms with E-state index in [0.717, 1.165) is 40.6 Å². The predicted octanol–water partition coefficient (Wildman–Crippen LogP) is 6.00. The molecule has 0 radical (unpaired) electrons. The number of nitrogens with zero attached hydrogens (tertiary/aromatic N) is 3. The van der Waals surface area contributed by atoms with Crippen LogP contribution in [0.4, 0.5) is 5.69 Å². The van der Waals surface area contributed by atoms with Gasteiger partial charge in [0, 0.05) is 23.0 Å². The lowest BCUT2D eigenvalue weighted by Gasteiger charge is -2.15. The molecule has 0 unspecified atom stereocenters. The van der Waals surface area contributed by atoms with E-state index in [1.165, 1.54) is 38.9 Å². The number of halogens is 4. The maximum atomic E-state index is 6.18. The Morgan fingerprint density at radius 3 is 2.50 bits per heavy atom. The fourth-order valence-electron chi connectivity index (χ4n) is 3.75. The van der Waals surface area contributed by atoms with Gasteiger partial charge in [0.1, 0.15) is 5.52 Å². The zero-order valence-corrected chi connectivity index (χ0v) is 20.1. The van der Waals surface area contributed by atoms with Gasteiger partial charge in [-0.1, -0.05) is 11.6 Å². The van der Waals surface area contributed by atoms with Gasteiger partial charge in [0.25, 0.3) is 0 Å². The summed E-state index contributed by atoms with van der Waals surface area (Å²) in [6.07, 6.45) is 5.03. The summed E-state index contributed by atoms with van der Waals surface area (Å²) in [6.45, 7) is 4.62. The standard InChI is InChI=1S/C21H25ClN4O.3ClH/c1-27-19-9-8-17-21(25-19)20(16-7-6-15(22)14-18(16)24-17)23-10-2-3-11-26-12-4-5-13-26;;;/h6-9,14H,2-5,10-13H2,1H3,(H,23,24);3*1H. The second-order valence-corrected chi connectivity index (χ2v) is 7.49. The topological polar surface area (TPSA) is 50.3 Å². The van der Waals surface area contributed by atoms with Crippen molar-refractivity contribution in [3.8, 4) is 5.88 Å². The van der Waals surface area contributed by atoms with Gasteiger partial charge in [-0.2, -0.15) is 0 Å². The van der Waals surface area contributed by atoms with Gasteiger partial charge in [-0.05, 0) is 69.6 Å². The second-order valence-electron chi connectivity index (χ2n) is 7.05. The quantitative estimate of drug-likeness (QED) is 0.323. The second kappa shape index (κ2) is 12.6. The van der Waals surface area contributed by atoms with Crippen LogP contribution in [0.3, 0.4) is 0 Å². The first kappa shape index (κ1) is 26.8. The number of ether oxygens (including phenoxy) is 1. The van der Waals surface area contributed by atoms with Crippen molar-refractivity contribution in [3.05, 3.63) is 35.4 Å². The van der Waals surface area contributed by atoms with Gasteiger partial charge in [-0.25, -0.2) is 9.97 Å². The molecular formula is C21H28Cl4N4O. The summed E-state index contributed by atoms with van der Waals surface area (Å²) >= 11 is 6.18. The Labute approximate surface area is 201 Å². The molecular weight excluding hydrogens is 466 g/mol. The smallest absolute Gasteiger partial charge is 0.213 e. The molecule has 0 bridgehead atoms. The largest absolute Gasteiger partial charge is 0.481 e. The summed E-state index contributed by atoms with van der Waals surface area (Å²) in [7, 11) is 1.63. The van der Waals surface area contributed by atoms with Crippen molar-refractivity contribution < 1.29 is 4.74 Å². The van der Waals surface area contributed by atoms with Crippen molar-refractivity contribution in [3.63, 3.8) is 0 Å². The highest BCUT2D eigenvalue weighted by molar-refractivity contribution is 6.31. The fourth-order valence-corrected chi connectivity index (χ4v) is 3.91. The number of pyridine rings is 2. The Morgan fingerprint density at radius 2 is 1.77 bits per heavy atom. The van der Waals surface area contributed by atoms with E-state index >= 15 is 0 Å². The number of nitrogens with one attached hydrogen (secondary N) is 1. The minimum Gasteiger partial charge on any atom is -0.481 e. The molecule has 9 heteroatoms. The molecule has 0 atom stereocenters. The Bertz CT molecular complexity index is 951. The first-order chi connectivity index (χ1) is 13.2. The molecule has 4 rings (SSSR count). The van der Waals surface area contributed by atoms with Gasteiger partial charge in [0.2, 0.25) is 5.88 Å². The van der Waals surface area contributed by atoms with Crippen molar-refractivity contribution in [1.29, 1.82) is 0 Å². The Balaban J connectivity index is 0.00000150. The van der Waals surface area contributed by atoms with Gasteiger partial charge in [0.05, 0.1) is 23.8 Å². The average molecular weight is 494 g/mol. The predicted molar refractivity (Wildman–Crippen MR) is 134 cm³/mol. The first-order valence-electron chi connectivity index (χ1n) is 9.65. The molecule has 1 N–H and O–H groups in total. The molecule has 3 aromatic rings. The Morgan fingerprint density at radius 1 is 1.00 bits per heavy atom. The lowest BCUT2D eigenvalue weighted by molar-refractivity contribution is 0.331. The molecule has 5 nitrogen and oxygen atoms in total. The fraction of sp³-hybridized carbons (Fsp3) is 0.429. The van der Waals surface area contributed by atoms with Crippen LogP contribution in [0.5, 0.6) is 5.88 Å². The third-order valence-electron chi connectivity index (χ3n) is 5.17. The van der Waals surface area contributed by atoms with Crippen LogP contribution in [0.2, 0.25) is 5.02 Å². The van der Waals surface area contributed by atoms with Crippen LogP contribution < -0.4 is 10.1 Å². The average Bonchev–Trinajstić information content (AvgIpc) is 3.20. The lowest BCUT2D eigenvalue weighted by atomic mass is 10.1. The molecule has 0 saturated carbocycles. The molecule has 0 aliphatic carbocycles. The summed E-state index contributed by atoms with van der Waals surface area (Å²) in [4.78, 5) is 11.9. The Kier molecular flexibility index (Phi) is 11.2. The summed E-state index contributed by atoms with van der Waals surface area (Å²) < 4.78 is 5.32. The molecule has 166 valence electrons. The van der Waals surface area contributed by atoms with E-state index in [1.807, 2.05) is 30.3 Å². The zero-order valence-electron chi connectivity index (χ0n) is 16.9. The van der Waals surface area contributed by atoms with Gasteiger partial charge < -0.3 is 15.0 Å². The van der Waals surface area contributed by atoms with Gasteiger partial charge in [-0.3, -0.25) is 0 Å². The summed E-state index contributed by atoms with van der Waals surface area (Å²) in [5.74, 6) is 0.592. The zero-order chi connectivity index (χ0) is 18.6. The van der Waals surface area contributed by atoms with E-state index in [-0.39, 0.29) is 37.2 Å². The van der Waals surface area contributed by atoms with Gasteiger partial charge in [0.15, 0.2) is 0 Å². The molecule has 1 aromatic carbocycles. The number of hydrogen-bond acceptors (Lipinski definition) is 5. The van der Waals surface area contributed by atoms with Crippen molar-refractivity contribution in [2.45, 2.75) is 25.7 Å². The van der Waals surface area contributed by atoms with Crippen molar-refractivity contribution in [1.82, 2.24) is 14.9 Å². The number of methoxy groups -OCH3 is 1. The molecule has 1 aliphatic rings. The molecule has 3 heterocycles. The van der Waals surface area contributed by atoms with E-state index < -0.39 is 0 Å². The summed E-state index contributed by atoms with van der Waals surface area (Å²) in [6, 6.07) is 9.60. The van der Waals surface area contributed by atoms with Crippen LogP contribution in [0.25, 0.3) is 21.9 Å². The van der Waals surface area contributed by atoms with Crippen molar-refractivity contribution >= 4 is 76.4 Å². The third kappa shape index (κ3) is 6.14. The highest BCUT2D eigenvalue weighted by Gasteiger charge is 2.13. The summed E-state index contributed by atoms with van der Waals surface area (Å²) in [5.41, 5.74) is 3.56. The third-order valence-corrected chi connectivity index (χ3v) is 5.40. The minimum absolute atomic E-state index is 0. The van der Waals surface area contributed by atoms with Gasteiger partial charge in [-0.15, -0.1) is 37.2 Å². The van der Waals surface area contributed by atoms with Crippen molar-refractivity contribution in [2.24, 2.45) is 0 Å². The number of benzene rings is 1. The number of hydrogen-bond donors (Lipinski definition) is 1. The van der Waals surface area contributed by atoms with Crippen LogP contribution in [-0.4, -0.2) is 48.2 Å². The molecule has 0 amide bonds. The maximum absolute atomic E-state index is 6.18. The monoisotopic (exact) mass is 492 g/mol. The van der Waals surface area contributed by atoms with Crippen LogP contribution in [0, 0.1) is 0 Å². The number of likely N-dealkylation sites (tertiary alicyclic amines) is 1. The van der Waals surface area contributed by atoms with Crippen LogP contribution in [0.1, 0.15) is 25.7 Å². The van der Waals surface area contributed by atoms with E-state index in [2.05, 4.69) is 15.2 Å². The molecule has 1 saturated heterocycles. The molecule has 1 fully saturated rings. The van der Waals surface area contributed by atoms with E-state index in [0.29, 0.717) is 10.9 Å². The number of unbranched alkanes of at least 4 members (excludes halogenated alkanes) is 1. The highest BCUT2D eigenvalue weighted by atomic mass is 35.5. The summed E-state index contributed by atoms with van der Waals surface area (Å²) in [5, 5.41) is 5.33. The van der Waals surface area contributed by atoms with Crippen LogP contribution >= 0.6 is 48.8 Å². The number of anilines is 1. The Hall–Kier alpha value is -1.24. The highest BCUT2D eigenvalue weighted by Crippen LogP contribution is 2.32. The maximum Gasteiger partial charge on any atom is 0.213 e. The molecule has 2 aromatic heterocycles. The van der Waals surface area contributed by atoms with E-state index in [9.17, 15) is 0 Å². The number of rotatable bonds is 7. The normalized spacial score (nSPS) is 13.4. The van der Waals surface area contributed by atoms with Crippen LogP contribution in [-0.2, 0) is 0 Å². The number of aromatic nitrogens is 2. The first-order valence-corrected chi connectivity index (χ1v) is 10.0. The van der Waals surface area contributed by atoms with Crippen molar-refractivity contribution in [2.75, 3.05) is 38.6 Å². The van der Waals surface area contributed by atoms with E-state index in [1.54, 1.807) is 7.11 Å². The SMILES string of the molecule is COc1ccc2nc3cc(Cl)ccc3c(NCCCCN3CCCC3)c2n1.Cl.Cl.Cl. The molecule has 30 heavy (non-hydrogen) atoms. The minimum atomic E-state index is 0. The molecule has 1 aliphatic heterocycles. The number of fused-ring (bicyclic) bond motifs is 2. The lowest BCUT2D eigenvalue weighted by Crippen LogP contribution is -2.20. The molecule has 0 spiro atoms.